The van der Waals surface area contributed by atoms with Gasteiger partial charge in [-0.1, -0.05) is 26.0 Å². The van der Waals surface area contributed by atoms with Gasteiger partial charge in [0.1, 0.15) is 6.04 Å². The number of imide groups is 1. The lowest BCUT2D eigenvalue weighted by Gasteiger charge is -2.28. The fourth-order valence-electron chi connectivity index (χ4n) is 2.64. The second-order valence-electron chi connectivity index (χ2n) is 6.15. The van der Waals surface area contributed by atoms with Crippen LogP contribution >= 0.6 is 0 Å². The monoisotopic (exact) mass is 317 g/mol. The number of hydrogen-bond donors (Lipinski definition) is 2. The minimum absolute atomic E-state index is 0.106. The van der Waals surface area contributed by atoms with Crippen molar-refractivity contribution in [3.8, 4) is 0 Å². The molecule has 124 valence electrons. The van der Waals surface area contributed by atoms with Crippen LogP contribution in [0.15, 0.2) is 24.3 Å². The van der Waals surface area contributed by atoms with Crippen molar-refractivity contribution in [1.29, 1.82) is 0 Å². The first-order chi connectivity index (χ1) is 10.9. The molecule has 23 heavy (non-hydrogen) atoms. The van der Waals surface area contributed by atoms with Gasteiger partial charge in [-0.2, -0.15) is 0 Å². The maximum absolute atomic E-state index is 12.6. The zero-order valence-corrected chi connectivity index (χ0v) is 13.9. The van der Waals surface area contributed by atoms with Gasteiger partial charge in [0.15, 0.2) is 0 Å². The number of nitrogens with zero attached hydrogens (tertiary/aromatic N) is 1. The van der Waals surface area contributed by atoms with Crippen LogP contribution in [0, 0.1) is 5.92 Å². The maximum atomic E-state index is 12.6. The summed E-state index contributed by atoms with van der Waals surface area (Å²) in [5, 5.41) is 5.84. The third kappa shape index (κ3) is 3.27. The van der Waals surface area contributed by atoms with Crippen molar-refractivity contribution < 1.29 is 14.4 Å². The van der Waals surface area contributed by atoms with Crippen LogP contribution in [0.25, 0.3) is 0 Å². The van der Waals surface area contributed by atoms with Gasteiger partial charge in [0, 0.05) is 12.6 Å². The molecule has 0 saturated carbocycles. The Hall–Kier alpha value is -2.21. The lowest BCUT2D eigenvalue weighted by atomic mass is 10.0. The fourth-order valence-corrected chi connectivity index (χ4v) is 2.64. The summed E-state index contributed by atoms with van der Waals surface area (Å²) in [4.78, 5) is 38.8. The summed E-state index contributed by atoms with van der Waals surface area (Å²) in [6.07, 6.45) is 0. The van der Waals surface area contributed by atoms with E-state index in [1.54, 1.807) is 31.3 Å². The lowest BCUT2D eigenvalue weighted by molar-refractivity contribution is -0.126. The number of rotatable bonds is 6. The summed E-state index contributed by atoms with van der Waals surface area (Å²) in [5.41, 5.74) is 0.721. The Morgan fingerprint density at radius 1 is 1.09 bits per heavy atom. The molecule has 0 saturated heterocycles. The molecule has 1 aromatic rings. The first kappa shape index (κ1) is 17.1. The number of nitrogens with one attached hydrogen (secondary N) is 2. The van der Waals surface area contributed by atoms with Crippen molar-refractivity contribution in [2.75, 3.05) is 13.6 Å². The highest BCUT2D eigenvalue weighted by Crippen LogP contribution is 2.27. The molecule has 0 aromatic heterocycles. The molecule has 1 heterocycles. The highest BCUT2D eigenvalue weighted by Gasteiger charge is 2.43. The Balaban J connectivity index is 2.24. The van der Waals surface area contributed by atoms with Gasteiger partial charge in [-0.25, -0.2) is 0 Å². The standard InChI is InChI=1S/C17H23N3O3/c1-10(2)14(15(21)19-9-11(3)18-4)20-16(22)12-7-5-6-8-13(12)17(20)23/h5-8,10-11,14,18H,9H2,1-4H3,(H,19,21). The average molecular weight is 317 g/mol. The second-order valence-corrected chi connectivity index (χ2v) is 6.15. The number of carbonyl (C=O) groups is 3. The van der Waals surface area contributed by atoms with Crippen LogP contribution < -0.4 is 10.6 Å². The number of likely N-dealkylation sites (N-methyl/N-ethyl adjacent to an activating group) is 1. The topological polar surface area (TPSA) is 78.5 Å². The first-order valence-electron chi connectivity index (χ1n) is 7.80. The van der Waals surface area contributed by atoms with E-state index in [0.717, 1.165) is 4.90 Å². The third-order valence-electron chi connectivity index (χ3n) is 4.08. The summed E-state index contributed by atoms with van der Waals surface area (Å²) in [5.74, 6) is -1.29. The van der Waals surface area contributed by atoms with Crippen molar-refractivity contribution in [1.82, 2.24) is 15.5 Å². The number of fused-ring (bicyclic) bond motifs is 1. The summed E-state index contributed by atoms with van der Waals surface area (Å²) < 4.78 is 0. The van der Waals surface area contributed by atoms with E-state index in [-0.39, 0.29) is 17.9 Å². The molecule has 6 heteroatoms. The zero-order valence-electron chi connectivity index (χ0n) is 13.9. The van der Waals surface area contributed by atoms with Gasteiger partial charge >= 0.3 is 0 Å². The Bertz CT molecular complexity index is 592. The van der Waals surface area contributed by atoms with Crippen LogP contribution in [0.3, 0.4) is 0 Å². The Morgan fingerprint density at radius 2 is 1.61 bits per heavy atom. The van der Waals surface area contributed by atoms with Crippen molar-refractivity contribution in [2.24, 2.45) is 5.92 Å². The molecule has 0 aliphatic carbocycles. The number of amides is 3. The van der Waals surface area contributed by atoms with Crippen molar-refractivity contribution in [3.05, 3.63) is 35.4 Å². The Labute approximate surface area is 136 Å². The molecule has 0 spiro atoms. The quantitative estimate of drug-likeness (QED) is 0.768. The first-order valence-corrected chi connectivity index (χ1v) is 7.80. The van der Waals surface area contributed by atoms with Gasteiger partial charge in [-0.15, -0.1) is 0 Å². The van der Waals surface area contributed by atoms with Gasteiger partial charge in [-0.3, -0.25) is 19.3 Å². The minimum atomic E-state index is -0.813. The van der Waals surface area contributed by atoms with E-state index in [2.05, 4.69) is 10.6 Å². The average Bonchev–Trinajstić information content (AvgIpc) is 2.78. The summed E-state index contributed by atoms with van der Waals surface area (Å²) >= 11 is 0. The fraction of sp³-hybridized carbons (Fsp3) is 0.471. The molecule has 6 nitrogen and oxygen atoms in total. The summed E-state index contributed by atoms with van der Waals surface area (Å²) in [6, 6.07) is 5.96. The zero-order chi connectivity index (χ0) is 17.1. The number of hydrogen-bond acceptors (Lipinski definition) is 4. The highest BCUT2D eigenvalue weighted by atomic mass is 16.2. The van der Waals surface area contributed by atoms with Crippen LogP contribution in [0.1, 0.15) is 41.5 Å². The molecule has 1 aliphatic heterocycles. The van der Waals surface area contributed by atoms with E-state index >= 15 is 0 Å². The van der Waals surface area contributed by atoms with E-state index in [0.29, 0.717) is 17.7 Å². The van der Waals surface area contributed by atoms with Gasteiger partial charge in [0.05, 0.1) is 11.1 Å². The largest absolute Gasteiger partial charge is 0.353 e. The molecule has 2 N–H and O–H groups in total. The Kier molecular flexibility index (Phi) is 5.15. The molecule has 2 atom stereocenters. The molecule has 2 rings (SSSR count). The predicted molar refractivity (Wildman–Crippen MR) is 87.1 cm³/mol. The highest BCUT2D eigenvalue weighted by molar-refractivity contribution is 6.22. The van der Waals surface area contributed by atoms with Crippen LogP contribution in [-0.2, 0) is 4.79 Å². The molecular weight excluding hydrogens is 294 g/mol. The smallest absolute Gasteiger partial charge is 0.262 e. The van der Waals surface area contributed by atoms with Gasteiger partial charge in [-0.05, 0) is 32.0 Å². The number of benzene rings is 1. The maximum Gasteiger partial charge on any atom is 0.262 e. The molecule has 1 aliphatic rings. The van der Waals surface area contributed by atoms with E-state index in [4.69, 9.17) is 0 Å². The van der Waals surface area contributed by atoms with Crippen molar-refractivity contribution in [3.63, 3.8) is 0 Å². The molecule has 3 amide bonds. The third-order valence-corrected chi connectivity index (χ3v) is 4.08. The molecule has 2 unspecified atom stereocenters. The molecule has 0 fully saturated rings. The molecule has 0 bridgehead atoms. The lowest BCUT2D eigenvalue weighted by Crippen LogP contribution is -2.53. The SMILES string of the molecule is CNC(C)CNC(=O)C(C(C)C)N1C(=O)c2ccccc2C1=O. The Morgan fingerprint density at radius 3 is 2.04 bits per heavy atom. The van der Waals surface area contributed by atoms with E-state index in [1.165, 1.54) is 0 Å². The predicted octanol–water partition coefficient (Wildman–Crippen LogP) is 1.03. The van der Waals surface area contributed by atoms with Crippen LogP contribution in [0.4, 0.5) is 0 Å². The van der Waals surface area contributed by atoms with Crippen LogP contribution in [0.5, 0.6) is 0 Å². The van der Waals surface area contributed by atoms with E-state index in [9.17, 15) is 14.4 Å². The molecule has 1 aromatic carbocycles. The van der Waals surface area contributed by atoms with Crippen molar-refractivity contribution >= 4 is 17.7 Å². The van der Waals surface area contributed by atoms with Gasteiger partial charge in [0.25, 0.3) is 11.8 Å². The van der Waals surface area contributed by atoms with Crippen LogP contribution in [-0.4, -0.2) is 48.3 Å². The van der Waals surface area contributed by atoms with Crippen molar-refractivity contribution in [2.45, 2.75) is 32.9 Å². The van der Waals surface area contributed by atoms with E-state index < -0.39 is 17.9 Å². The minimum Gasteiger partial charge on any atom is -0.353 e. The van der Waals surface area contributed by atoms with Crippen LogP contribution in [0.2, 0.25) is 0 Å². The summed E-state index contributed by atoms with van der Waals surface area (Å²) in [7, 11) is 1.81. The molecular formula is C17H23N3O3. The normalized spacial score (nSPS) is 16.5. The summed E-state index contributed by atoms with van der Waals surface area (Å²) in [6.45, 7) is 6.03. The van der Waals surface area contributed by atoms with Gasteiger partial charge in [0.2, 0.25) is 5.91 Å². The molecule has 0 radical (unpaired) electrons. The second kappa shape index (κ2) is 6.91. The van der Waals surface area contributed by atoms with Gasteiger partial charge < -0.3 is 10.6 Å². The van der Waals surface area contributed by atoms with E-state index in [1.807, 2.05) is 20.8 Å². The number of carbonyl (C=O) groups excluding carboxylic acids is 3.